The van der Waals surface area contributed by atoms with Gasteiger partial charge in [0.2, 0.25) is 23.0 Å². The Labute approximate surface area is 295 Å². The topological polar surface area (TPSA) is 147 Å². The van der Waals surface area contributed by atoms with Crippen molar-refractivity contribution in [1.82, 2.24) is 18.8 Å². The molecule has 2 amide bonds. The van der Waals surface area contributed by atoms with Crippen LogP contribution in [0.1, 0.15) is 75.5 Å². The maximum absolute atomic E-state index is 13.6. The minimum absolute atomic E-state index is 0.0514. The average Bonchev–Trinajstić information content (AvgIpc) is 3.41. The van der Waals surface area contributed by atoms with E-state index in [1.807, 2.05) is 12.1 Å². The molecule has 2 aromatic rings. The molecule has 2 aliphatic heterocycles. The number of nitrogens with one attached hydrogen (secondary N) is 2. The van der Waals surface area contributed by atoms with Gasteiger partial charge in [-0.1, -0.05) is 12.5 Å². The first-order chi connectivity index (χ1) is 24.1. The number of benzene rings is 1. The van der Waals surface area contributed by atoms with Crippen LogP contribution in [0.25, 0.3) is 11.1 Å². The molecule has 1 atom stereocenters. The van der Waals surface area contributed by atoms with E-state index in [0.717, 1.165) is 42.4 Å². The van der Waals surface area contributed by atoms with E-state index in [2.05, 4.69) is 10.6 Å². The summed E-state index contributed by atoms with van der Waals surface area (Å²) >= 11 is 0. The van der Waals surface area contributed by atoms with Crippen molar-refractivity contribution in [2.24, 2.45) is 0 Å². The molecule has 50 heavy (non-hydrogen) atoms. The number of fused-ring (bicyclic) bond motifs is 3. The summed E-state index contributed by atoms with van der Waals surface area (Å²) in [5.74, 6) is 1.35. The van der Waals surface area contributed by atoms with E-state index in [1.165, 1.54) is 11.2 Å². The molecule has 2 fully saturated rings. The largest absolute Gasteiger partial charge is 0.493 e. The van der Waals surface area contributed by atoms with Crippen molar-refractivity contribution in [2.75, 3.05) is 72.5 Å². The molecule has 0 spiro atoms. The van der Waals surface area contributed by atoms with E-state index in [9.17, 15) is 22.8 Å². The number of carbonyl (C=O) groups excluding carboxylic acids is 2. The predicted octanol–water partition coefficient (Wildman–Crippen LogP) is 3.71. The molecule has 0 radical (unpaired) electrons. The normalized spacial score (nSPS) is 18.3. The molecule has 2 saturated heterocycles. The molecule has 3 aliphatic rings. The first-order valence-corrected chi connectivity index (χ1v) is 19.0. The Bertz CT molecular complexity index is 1710. The summed E-state index contributed by atoms with van der Waals surface area (Å²) < 4.78 is 46.2. The summed E-state index contributed by atoms with van der Waals surface area (Å²) in [6.45, 7) is 4.91. The molecule has 2 heterocycles. The lowest BCUT2D eigenvalue weighted by atomic mass is 9.95. The van der Waals surface area contributed by atoms with E-state index >= 15 is 0 Å². The molecule has 0 unspecified atom stereocenters. The van der Waals surface area contributed by atoms with Gasteiger partial charge < -0.3 is 29.7 Å². The summed E-state index contributed by atoms with van der Waals surface area (Å²) in [7, 11) is 1.23. The Kier molecular flexibility index (Phi) is 12.6. The molecule has 1 aliphatic carbocycles. The van der Waals surface area contributed by atoms with E-state index in [4.69, 9.17) is 14.2 Å². The van der Waals surface area contributed by atoms with Crippen LogP contribution in [0.5, 0.6) is 17.2 Å². The summed E-state index contributed by atoms with van der Waals surface area (Å²) in [6, 6.07) is 6.80. The smallest absolute Gasteiger partial charge is 0.282 e. The minimum Gasteiger partial charge on any atom is -0.493 e. The van der Waals surface area contributed by atoms with Crippen molar-refractivity contribution in [3.05, 3.63) is 45.6 Å². The maximum Gasteiger partial charge on any atom is 0.282 e. The first-order valence-electron chi connectivity index (χ1n) is 17.6. The van der Waals surface area contributed by atoms with Crippen molar-refractivity contribution in [3.63, 3.8) is 0 Å². The van der Waals surface area contributed by atoms with Crippen LogP contribution >= 0.6 is 0 Å². The summed E-state index contributed by atoms with van der Waals surface area (Å²) in [5, 5.41) is 6.31. The maximum atomic E-state index is 13.6. The number of rotatable bonds is 13. The van der Waals surface area contributed by atoms with Gasteiger partial charge in [-0.05, 0) is 79.8 Å². The number of hydrogen-bond acceptors (Lipinski definition) is 9. The Morgan fingerprint density at radius 3 is 2.28 bits per heavy atom. The molecule has 2 aromatic carbocycles. The van der Waals surface area contributed by atoms with Gasteiger partial charge in [0, 0.05) is 64.7 Å². The second kappa shape index (κ2) is 16.9. The van der Waals surface area contributed by atoms with Gasteiger partial charge in [-0.3, -0.25) is 14.4 Å². The Morgan fingerprint density at radius 2 is 1.58 bits per heavy atom. The lowest BCUT2D eigenvalue weighted by Gasteiger charge is -2.26. The highest BCUT2D eigenvalue weighted by Gasteiger charge is 2.33. The van der Waals surface area contributed by atoms with Gasteiger partial charge in [0.25, 0.3) is 10.2 Å². The highest BCUT2D eigenvalue weighted by molar-refractivity contribution is 7.86. The molecule has 5 rings (SSSR count). The van der Waals surface area contributed by atoms with Gasteiger partial charge in [-0.25, -0.2) is 0 Å². The van der Waals surface area contributed by atoms with Crippen LogP contribution in [-0.4, -0.2) is 101 Å². The summed E-state index contributed by atoms with van der Waals surface area (Å²) in [4.78, 5) is 40.6. The molecule has 13 nitrogen and oxygen atoms in total. The van der Waals surface area contributed by atoms with Crippen molar-refractivity contribution >= 4 is 27.7 Å². The lowest BCUT2D eigenvalue weighted by Crippen LogP contribution is -2.44. The fourth-order valence-electron chi connectivity index (χ4n) is 7.27. The average molecular weight is 714 g/mol. The van der Waals surface area contributed by atoms with E-state index in [-0.39, 0.29) is 23.3 Å². The third-order valence-corrected chi connectivity index (χ3v) is 11.9. The molecule has 0 aromatic heterocycles. The van der Waals surface area contributed by atoms with Crippen LogP contribution in [-0.2, 0) is 26.2 Å². The van der Waals surface area contributed by atoms with Crippen molar-refractivity contribution in [2.45, 2.75) is 70.8 Å². The molecule has 14 heteroatoms. The van der Waals surface area contributed by atoms with E-state index in [1.54, 1.807) is 42.7 Å². The predicted molar refractivity (Wildman–Crippen MR) is 192 cm³/mol. The van der Waals surface area contributed by atoms with Gasteiger partial charge in [0.1, 0.15) is 0 Å². The number of unbranched alkanes of at least 4 members (excludes halogenated alkanes) is 2. The highest BCUT2D eigenvalue weighted by Crippen LogP contribution is 2.50. The summed E-state index contributed by atoms with van der Waals surface area (Å²) in [5.41, 5.74) is 3.47. The Balaban J connectivity index is 1.21. The zero-order valence-corrected chi connectivity index (χ0v) is 30.5. The van der Waals surface area contributed by atoms with Gasteiger partial charge in [0.05, 0.1) is 33.1 Å². The Hall–Kier alpha value is -3.88. The number of amides is 2. The minimum atomic E-state index is -3.46. The molecular formula is C36H51N5O8S. The van der Waals surface area contributed by atoms with Crippen LogP contribution in [0.4, 0.5) is 5.69 Å². The number of aryl methyl sites for hydroxylation is 1. The highest BCUT2D eigenvalue weighted by atomic mass is 32.2. The van der Waals surface area contributed by atoms with Crippen molar-refractivity contribution in [1.29, 1.82) is 0 Å². The van der Waals surface area contributed by atoms with E-state index < -0.39 is 10.2 Å². The molecule has 0 saturated carbocycles. The number of nitrogens with zero attached hydrogens (tertiary/aromatic N) is 3. The van der Waals surface area contributed by atoms with Gasteiger partial charge in [-0.2, -0.15) is 17.0 Å². The number of ether oxygens (including phenoxy) is 3. The lowest BCUT2D eigenvalue weighted by molar-refractivity contribution is -0.131. The first kappa shape index (κ1) is 37.4. The van der Waals surface area contributed by atoms with Crippen LogP contribution in [0.15, 0.2) is 29.1 Å². The van der Waals surface area contributed by atoms with Crippen LogP contribution in [0.2, 0.25) is 0 Å². The van der Waals surface area contributed by atoms with Gasteiger partial charge >= 0.3 is 0 Å². The monoisotopic (exact) mass is 713 g/mol. The standard InChI is InChI=1S/C36H51N5O8S/c1-25(42)38-29-14-12-26-23-32(47-2)35(48-3)36(49-4)34(26)27-13-15-30(31(43)24-28(27)29)37-16-7-5-6-11-33(44)39-17-10-20-41(22-21-39)50(45,46)40-18-8-9-19-40/h13,15,23-24,29H,5-12,14,16-22H2,1-4H3,(H,37,43)(H,38,42)/t29-/m0/s1. The third kappa shape index (κ3) is 8.35. The number of methoxy groups -OCH3 is 3. The Morgan fingerprint density at radius 1 is 0.860 bits per heavy atom. The second-order valence-corrected chi connectivity index (χ2v) is 15.0. The molecule has 2 N–H and O–H groups in total. The third-order valence-electron chi connectivity index (χ3n) is 9.82. The molecule has 274 valence electrons. The fourth-order valence-corrected chi connectivity index (χ4v) is 8.99. The van der Waals surface area contributed by atoms with Crippen molar-refractivity contribution < 1.29 is 32.2 Å². The van der Waals surface area contributed by atoms with Crippen molar-refractivity contribution in [3.8, 4) is 28.4 Å². The zero-order valence-electron chi connectivity index (χ0n) is 29.7. The number of hydrogen-bond donors (Lipinski definition) is 2. The van der Waals surface area contributed by atoms with Gasteiger partial charge in [-0.15, -0.1) is 0 Å². The SMILES string of the molecule is COc1cc2c(c(OC)c1OC)-c1ccc(NCCCCCC(=O)N3CCCN(S(=O)(=O)N4CCCC4)CC3)c(=O)cc1[C@@H](NC(C)=O)CC2. The fraction of sp³-hybridized carbons (Fsp3) is 0.583. The van der Waals surface area contributed by atoms with Crippen LogP contribution in [0, 0.1) is 0 Å². The van der Waals surface area contributed by atoms with Gasteiger partial charge in [0.15, 0.2) is 11.5 Å². The second-order valence-electron chi connectivity index (χ2n) is 13.1. The molecular weight excluding hydrogens is 662 g/mol. The van der Waals surface area contributed by atoms with E-state index in [0.29, 0.717) is 106 Å². The number of anilines is 1. The quantitative estimate of drug-likeness (QED) is 0.297. The van der Waals surface area contributed by atoms with Crippen LogP contribution in [0.3, 0.4) is 0 Å². The molecule has 0 bridgehead atoms. The zero-order chi connectivity index (χ0) is 35.8. The number of carbonyl (C=O) groups is 2. The summed E-state index contributed by atoms with van der Waals surface area (Å²) in [6.07, 6.45) is 6.28. The van der Waals surface area contributed by atoms with Crippen LogP contribution < -0.4 is 30.3 Å².